The molecule has 0 unspecified atom stereocenters. The molecule has 0 radical (unpaired) electrons. The highest BCUT2D eigenvalue weighted by Gasteiger charge is 2.33. The van der Waals surface area contributed by atoms with E-state index in [1.165, 1.54) is 89.0 Å². The molecule has 3 rings (SSSR count). The summed E-state index contributed by atoms with van der Waals surface area (Å²) < 4.78 is 0. The third-order valence-electron chi connectivity index (χ3n) is 6.61. The van der Waals surface area contributed by atoms with E-state index < -0.39 is 0 Å². The van der Waals surface area contributed by atoms with E-state index in [-0.39, 0.29) is 0 Å². The summed E-state index contributed by atoms with van der Waals surface area (Å²) >= 11 is 1.96. The maximum Gasteiger partial charge on any atom is 0.0683 e. The van der Waals surface area contributed by atoms with Gasteiger partial charge in [-0.2, -0.15) is 0 Å². The van der Waals surface area contributed by atoms with E-state index in [0.717, 1.165) is 5.92 Å². The Labute approximate surface area is 160 Å². The third-order valence-corrected chi connectivity index (χ3v) is 7.87. The van der Waals surface area contributed by atoms with Crippen LogP contribution < -0.4 is 0 Å². The molecule has 0 N–H and O–H groups in total. The average Bonchev–Trinajstić information content (AvgIpc) is 2.95. The van der Waals surface area contributed by atoms with Crippen LogP contribution in [-0.2, 0) is 0 Å². The minimum atomic E-state index is 0.291. The van der Waals surface area contributed by atoms with Crippen molar-refractivity contribution in [1.29, 1.82) is 0 Å². The maximum absolute atomic E-state index is 4.42. The highest BCUT2D eigenvalue weighted by molar-refractivity contribution is 8.06. The molecule has 0 aromatic heterocycles. The van der Waals surface area contributed by atoms with Gasteiger partial charge in [-0.25, -0.2) is 0 Å². The van der Waals surface area contributed by atoms with Crippen molar-refractivity contribution in [3.8, 4) is 0 Å². The molecule has 2 fully saturated rings. The molecular weight excluding hydrogens is 324 g/mol. The molecule has 1 saturated carbocycles. The van der Waals surface area contributed by atoms with Crippen molar-refractivity contribution in [3.05, 3.63) is 22.1 Å². The lowest BCUT2D eigenvalue weighted by molar-refractivity contribution is 0.239. The molecule has 0 atom stereocenters. The van der Waals surface area contributed by atoms with Gasteiger partial charge in [0, 0.05) is 25.2 Å². The summed E-state index contributed by atoms with van der Waals surface area (Å²) in [6.45, 7) is 16.4. The molecule has 0 bridgehead atoms. The van der Waals surface area contributed by atoms with Gasteiger partial charge in [0.1, 0.15) is 0 Å². The molecule has 1 aliphatic carbocycles. The van der Waals surface area contributed by atoms with Crippen molar-refractivity contribution in [2.24, 2.45) is 5.92 Å². The molecule has 142 valence electrons. The van der Waals surface area contributed by atoms with Crippen LogP contribution in [-0.4, -0.2) is 41.5 Å². The smallest absolute Gasteiger partial charge is 0.0683 e. The average molecular weight is 363 g/mol. The van der Waals surface area contributed by atoms with E-state index in [2.05, 4.69) is 37.1 Å². The van der Waals surface area contributed by atoms with Crippen molar-refractivity contribution < 1.29 is 0 Å². The van der Waals surface area contributed by atoms with E-state index in [1.807, 2.05) is 11.8 Å². The zero-order valence-corrected chi connectivity index (χ0v) is 17.6. The summed E-state index contributed by atoms with van der Waals surface area (Å²) in [7, 11) is 0. The standard InChI is InChI=1S/C22H38N2S/c1-18-17-23(15-11-20-9-6-5-7-10-20)16-12-21(18)25-19(2)24-14-8-13-22(24,3)4/h20H,2,5-17H2,1,3-4H3. The molecule has 0 spiro atoms. The summed E-state index contributed by atoms with van der Waals surface area (Å²) in [5.74, 6) is 1.01. The van der Waals surface area contributed by atoms with Crippen LogP contribution in [0.1, 0.15) is 78.6 Å². The molecule has 2 heterocycles. The van der Waals surface area contributed by atoms with Gasteiger partial charge in [-0.15, -0.1) is 0 Å². The van der Waals surface area contributed by atoms with Crippen LogP contribution in [0.3, 0.4) is 0 Å². The van der Waals surface area contributed by atoms with Crippen molar-refractivity contribution in [1.82, 2.24) is 9.80 Å². The lowest BCUT2D eigenvalue weighted by atomic mass is 9.87. The van der Waals surface area contributed by atoms with E-state index in [9.17, 15) is 0 Å². The molecule has 0 aromatic carbocycles. The Morgan fingerprint density at radius 3 is 2.56 bits per heavy atom. The van der Waals surface area contributed by atoms with E-state index in [0.29, 0.717) is 5.54 Å². The second-order valence-corrected chi connectivity index (χ2v) is 10.3. The predicted octanol–water partition coefficient (Wildman–Crippen LogP) is 6.02. The Bertz CT molecular complexity index is 502. The number of likely N-dealkylation sites (tertiary alicyclic amines) is 1. The molecule has 25 heavy (non-hydrogen) atoms. The van der Waals surface area contributed by atoms with Gasteiger partial charge in [0.05, 0.1) is 5.03 Å². The van der Waals surface area contributed by atoms with Crippen molar-refractivity contribution >= 4 is 11.8 Å². The summed E-state index contributed by atoms with van der Waals surface area (Å²) in [5.41, 5.74) is 1.87. The first-order chi connectivity index (χ1) is 12.0. The highest BCUT2D eigenvalue weighted by atomic mass is 32.2. The third kappa shape index (κ3) is 5.07. The van der Waals surface area contributed by atoms with E-state index >= 15 is 0 Å². The van der Waals surface area contributed by atoms with Crippen molar-refractivity contribution in [3.63, 3.8) is 0 Å². The number of nitrogens with zero attached hydrogens (tertiary/aromatic N) is 2. The summed E-state index contributed by atoms with van der Waals surface area (Å²) in [6, 6.07) is 0. The van der Waals surface area contributed by atoms with Crippen LogP contribution >= 0.6 is 11.8 Å². The second-order valence-electron chi connectivity index (χ2n) is 9.09. The first kappa shape index (κ1) is 19.4. The van der Waals surface area contributed by atoms with Crippen LogP contribution in [0, 0.1) is 5.92 Å². The van der Waals surface area contributed by atoms with Gasteiger partial charge in [0.2, 0.25) is 0 Å². The molecule has 0 aromatic rings. The summed E-state index contributed by atoms with van der Waals surface area (Å²) in [6.07, 6.45) is 12.6. The Morgan fingerprint density at radius 2 is 1.92 bits per heavy atom. The normalized spacial score (nSPS) is 25.6. The first-order valence-electron chi connectivity index (χ1n) is 10.5. The Balaban J connectivity index is 1.48. The van der Waals surface area contributed by atoms with E-state index in [1.54, 1.807) is 10.5 Å². The Morgan fingerprint density at radius 1 is 1.16 bits per heavy atom. The molecule has 1 saturated heterocycles. The fourth-order valence-electron chi connectivity index (χ4n) is 4.91. The quantitative estimate of drug-likeness (QED) is 0.571. The fraction of sp³-hybridized carbons (Fsp3) is 0.818. The molecule has 0 amide bonds. The van der Waals surface area contributed by atoms with Gasteiger partial charge < -0.3 is 4.90 Å². The Kier molecular flexibility index (Phi) is 6.60. The van der Waals surface area contributed by atoms with Gasteiger partial charge in [0.15, 0.2) is 0 Å². The van der Waals surface area contributed by atoms with Crippen LogP contribution in [0.15, 0.2) is 22.1 Å². The van der Waals surface area contributed by atoms with Crippen LogP contribution in [0.5, 0.6) is 0 Å². The monoisotopic (exact) mass is 362 g/mol. The fourth-order valence-corrected chi connectivity index (χ4v) is 6.08. The molecule has 3 heteroatoms. The predicted molar refractivity (Wildman–Crippen MR) is 112 cm³/mol. The summed E-state index contributed by atoms with van der Waals surface area (Å²) in [4.78, 5) is 6.81. The van der Waals surface area contributed by atoms with Crippen molar-refractivity contribution in [2.75, 3.05) is 26.2 Å². The Hall–Kier alpha value is -0.410. The van der Waals surface area contributed by atoms with Crippen LogP contribution in [0.2, 0.25) is 0 Å². The van der Waals surface area contributed by atoms with Crippen LogP contribution in [0.4, 0.5) is 0 Å². The second kappa shape index (κ2) is 8.52. The number of hydrogen-bond acceptors (Lipinski definition) is 3. The lowest BCUT2D eigenvalue weighted by Crippen LogP contribution is -2.36. The molecule has 2 nitrogen and oxygen atoms in total. The molecular formula is C22H38N2S. The van der Waals surface area contributed by atoms with Crippen LogP contribution in [0.25, 0.3) is 0 Å². The number of rotatable bonds is 6. The van der Waals surface area contributed by atoms with Gasteiger partial charge >= 0.3 is 0 Å². The number of hydrogen-bond donors (Lipinski definition) is 0. The van der Waals surface area contributed by atoms with Gasteiger partial charge in [-0.1, -0.05) is 50.4 Å². The topological polar surface area (TPSA) is 6.48 Å². The van der Waals surface area contributed by atoms with E-state index in [4.69, 9.17) is 0 Å². The minimum absolute atomic E-state index is 0.291. The molecule has 3 aliphatic rings. The van der Waals surface area contributed by atoms with Gasteiger partial charge in [-0.3, -0.25) is 4.90 Å². The zero-order valence-electron chi connectivity index (χ0n) is 16.8. The van der Waals surface area contributed by atoms with Gasteiger partial charge in [-0.05, 0) is 69.4 Å². The number of thioether (sulfide) groups is 1. The van der Waals surface area contributed by atoms with Gasteiger partial charge in [0.25, 0.3) is 0 Å². The largest absolute Gasteiger partial charge is 0.361 e. The highest BCUT2D eigenvalue weighted by Crippen LogP contribution is 2.40. The maximum atomic E-state index is 4.42. The molecule has 2 aliphatic heterocycles. The minimum Gasteiger partial charge on any atom is -0.361 e. The lowest BCUT2D eigenvalue weighted by Gasteiger charge is -2.36. The van der Waals surface area contributed by atoms with Crippen molar-refractivity contribution in [2.45, 2.75) is 84.1 Å². The summed E-state index contributed by atoms with van der Waals surface area (Å²) in [5, 5.41) is 1.27. The first-order valence-corrected chi connectivity index (χ1v) is 11.3. The SMILES string of the molecule is C=C(SC1=C(C)CN(CCC2CCCCC2)CC1)N1CCCC1(C)C. The zero-order chi connectivity index (χ0) is 17.9.